The van der Waals surface area contributed by atoms with Crippen molar-refractivity contribution in [1.82, 2.24) is 5.32 Å². The molecular formula is C13H16BrNS2. The van der Waals surface area contributed by atoms with Crippen molar-refractivity contribution in [2.24, 2.45) is 0 Å². The zero-order chi connectivity index (χ0) is 12.3. The van der Waals surface area contributed by atoms with E-state index in [-0.39, 0.29) is 0 Å². The molecule has 0 aliphatic rings. The molecule has 92 valence electrons. The molecule has 0 aliphatic heterocycles. The Bertz CT molecular complexity index is 435. The van der Waals surface area contributed by atoms with Crippen molar-refractivity contribution in [3.05, 3.63) is 42.7 Å². The molecule has 1 atom stereocenters. The summed E-state index contributed by atoms with van der Waals surface area (Å²) in [7, 11) is 0. The van der Waals surface area contributed by atoms with E-state index in [4.69, 9.17) is 0 Å². The third-order valence-electron chi connectivity index (χ3n) is 2.71. The lowest BCUT2D eigenvalue weighted by Crippen LogP contribution is -2.22. The van der Waals surface area contributed by atoms with E-state index in [1.54, 1.807) is 11.3 Å². The second-order valence-electron chi connectivity index (χ2n) is 4.03. The van der Waals surface area contributed by atoms with Gasteiger partial charge in [0.25, 0.3) is 0 Å². The third kappa shape index (κ3) is 2.99. The summed E-state index contributed by atoms with van der Waals surface area (Å²) >= 11 is 7.23. The van der Waals surface area contributed by atoms with E-state index in [0.29, 0.717) is 6.04 Å². The van der Waals surface area contributed by atoms with Crippen LogP contribution in [0.15, 0.2) is 26.7 Å². The SMILES string of the molecule is CCCNC(c1cscc1C)c1sccc1Br. The number of hydrogen-bond acceptors (Lipinski definition) is 3. The molecule has 4 heteroatoms. The average molecular weight is 330 g/mol. The lowest BCUT2D eigenvalue weighted by atomic mass is 10.1. The van der Waals surface area contributed by atoms with E-state index < -0.39 is 0 Å². The molecule has 0 amide bonds. The number of nitrogens with one attached hydrogen (secondary N) is 1. The summed E-state index contributed by atoms with van der Waals surface area (Å²) in [6.07, 6.45) is 1.16. The minimum Gasteiger partial charge on any atom is -0.306 e. The first-order chi connectivity index (χ1) is 8.24. The molecule has 17 heavy (non-hydrogen) atoms. The summed E-state index contributed by atoms with van der Waals surface area (Å²) in [4.78, 5) is 1.37. The second-order valence-corrected chi connectivity index (χ2v) is 6.58. The van der Waals surface area contributed by atoms with E-state index >= 15 is 0 Å². The highest BCUT2D eigenvalue weighted by molar-refractivity contribution is 9.10. The van der Waals surface area contributed by atoms with Crippen molar-refractivity contribution in [3.8, 4) is 0 Å². The molecular weight excluding hydrogens is 314 g/mol. The standard InChI is InChI=1S/C13H16BrNS2/c1-3-5-15-12(10-8-16-7-9(10)2)13-11(14)4-6-17-13/h4,6-8,12,15H,3,5H2,1-2H3. The Morgan fingerprint density at radius 3 is 2.76 bits per heavy atom. The van der Waals surface area contributed by atoms with Gasteiger partial charge >= 0.3 is 0 Å². The summed E-state index contributed by atoms with van der Waals surface area (Å²) in [5, 5.41) is 10.3. The molecule has 2 aromatic heterocycles. The van der Waals surface area contributed by atoms with Crippen LogP contribution >= 0.6 is 38.6 Å². The third-order valence-corrected chi connectivity index (χ3v) is 5.53. The summed E-state index contributed by atoms with van der Waals surface area (Å²) in [5.74, 6) is 0. The van der Waals surface area contributed by atoms with E-state index in [9.17, 15) is 0 Å². The van der Waals surface area contributed by atoms with Crippen molar-refractivity contribution >= 4 is 38.6 Å². The van der Waals surface area contributed by atoms with Gasteiger partial charge in [-0.15, -0.1) is 11.3 Å². The number of rotatable bonds is 5. The van der Waals surface area contributed by atoms with Crippen molar-refractivity contribution in [1.29, 1.82) is 0 Å². The topological polar surface area (TPSA) is 12.0 Å². The van der Waals surface area contributed by atoms with Gasteiger partial charge in [-0.2, -0.15) is 11.3 Å². The van der Waals surface area contributed by atoms with Crippen molar-refractivity contribution in [3.63, 3.8) is 0 Å². The summed E-state index contributed by atoms with van der Waals surface area (Å²) in [5.41, 5.74) is 2.79. The van der Waals surface area contributed by atoms with Crippen LogP contribution in [0.4, 0.5) is 0 Å². The Morgan fingerprint density at radius 2 is 2.24 bits per heavy atom. The average Bonchev–Trinajstić information content (AvgIpc) is 2.90. The molecule has 2 heterocycles. The van der Waals surface area contributed by atoms with Crippen molar-refractivity contribution in [2.75, 3.05) is 6.54 Å². The predicted octanol–water partition coefficient (Wildman–Crippen LogP) is 4.97. The van der Waals surface area contributed by atoms with Crippen LogP contribution in [-0.2, 0) is 0 Å². The molecule has 1 nitrogen and oxygen atoms in total. The minimum absolute atomic E-state index is 0.329. The van der Waals surface area contributed by atoms with Crippen LogP contribution in [0.25, 0.3) is 0 Å². The first-order valence-corrected chi connectivity index (χ1v) is 8.34. The predicted molar refractivity (Wildman–Crippen MR) is 81.2 cm³/mol. The smallest absolute Gasteiger partial charge is 0.0693 e. The fraction of sp³-hybridized carbons (Fsp3) is 0.385. The molecule has 0 aromatic carbocycles. The number of aryl methyl sites for hydroxylation is 1. The first kappa shape index (κ1) is 13.3. The highest BCUT2D eigenvalue weighted by atomic mass is 79.9. The molecule has 0 saturated heterocycles. The Hall–Kier alpha value is -0.160. The van der Waals surface area contributed by atoms with Crippen LogP contribution in [0.3, 0.4) is 0 Å². The zero-order valence-electron chi connectivity index (χ0n) is 10.00. The van der Waals surface area contributed by atoms with Crippen LogP contribution in [0.5, 0.6) is 0 Å². The van der Waals surface area contributed by atoms with Gasteiger partial charge in [-0.3, -0.25) is 0 Å². The van der Waals surface area contributed by atoms with Gasteiger partial charge in [-0.25, -0.2) is 0 Å². The summed E-state index contributed by atoms with van der Waals surface area (Å²) < 4.78 is 1.21. The molecule has 0 radical (unpaired) electrons. The Kier molecular flexibility index (Phi) is 4.79. The first-order valence-electron chi connectivity index (χ1n) is 5.73. The van der Waals surface area contributed by atoms with Gasteiger partial charge in [-0.1, -0.05) is 6.92 Å². The fourth-order valence-electron chi connectivity index (χ4n) is 1.81. The molecule has 1 unspecified atom stereocenters. The largest absolute Gasteiger partial charge is 0.306 e. The van der Waals surface area contributed by atoms with E-state index in [2.05, 4.69) is 57.3 Å². The summed E-state index contributed by atoms with van der Waals surface area (Å²) in [6.45, 7) is 5.44. The Morgan fingerprint density at radius 1 is 1.41 bits per heavy atom. The van der Waals surface area contributed by atoms with Gasteiger partial charge in [-0.05, 0) is 69.2 Å². The van der Waals surface area contributed by atoms with Crippen LogP contribution < -0.4 is 5.32 Å². The quantitative estimate of drug-likeness (QED) is 0.816. The highest BCUT2D eigenvalue weighted by Crippen LogP contribution is 2.35. The maximum Gasteiger partial charge on any atom is 0.0693 e. The molecule has 2 aromatic rings. The Labute approximate surface area is 119 Å². The van der Waals surface area contributed by atoms with Gasteiger partial charge in [0.15, 0.2) is 0 Å². The lowest BCUT2D eigenvalue weighted by Gasteiger charge is -2.18. The van der Waals surface area contributed by atoms with E-state index in [1.807, 2.05) is 11.3 Å². The van der Waals surface area contributed by atoms with Gasteiger partial charge in [0, 0.05) is 9.35 Å². The van der Waals surface area contributed by atoms with Gasteiger partial charge in [0.05, 0.1) is 6.04 Å². The van der Waals surface area contributed by atoms with Crippen LogP contribution in [0.1, 0.15) is 35.4 Å². The van der Waals surface area contributed by atoms with Crippen LogP contribution in [0.2, 0.25) is 0 Å². The van der Waals surface area contributed by atoms with E-state index in [0.717, 1.165) is 13.0 Å². The Balaban J connectivity index is 2.32. The maximum absolute atomic E-state index is 3.64. The van der Waals surface area contributed by atoms with Gasteiger partial charge < -0.3 is 5.32 Å². The minimum atomic E-state index is 0.329. The van der Waals surface area contributed by atoms with Gasteiger partial charge in [0.2, 0.25) is 0 Å². The molecule has 0 spiro atoms. The molecule has 2 rings (SSSR count). The zero-order valence-corrected chi connectivity index (χ0v) is 13.2. The molecule has 1 N–H and O–H groups in total. The molecule has 0 aliphatic carbocycles. The summed E-state index contributed by atoms with van der Waals surface area (Å²) in [6, 6.07) is 2.46. The molecule has 0 saturated carbocycles. The van der Waals surface area contributed by atoms with Crippen molar-refractivity contribution in [2.45, 2.75) is 26.3 Å². The van der Waals surface area contributed by atoms with Gasteiger partial charge in [0.1, 0.15) is 0 Å². The highest BCUT2D eigenvalue weighted by Gasteiger charge is 2.19. The monoisotopic (exact) mass is 329 g/mol. The lowest BCUT2D eigenvalue weighted by molar-refractivity contribution is 0.604. The van der Waals surface area contributed by atoms with Crippen LogP contribution in [0, 0.1) is 6.92 Å². The number of hydrogen-bond donors (Lipinski definition) is 1. The number of halogens is 1. The van der Waals surface area contributed by atoms with Crippen molar-refractivity contribution < 1.29 is 0 Å². The second kappa shape index (κ2) is 6.14. The van der Waals surface area contributed by atoms with E-state index in [1.165, 1.54) is 20.5 Å². The fourth-order valence-corrected chi connectivity index (χ4v) is 4.38. The molecule has 0 bridgehead atoms. The van der Waals surface area contributed by atoms with Crippen LogP contribution in [-0.4, -0.2) is 6.54 Å². The maximum atomic E-state index is 3.64. The molecule has 0 fully saturated rings. The number of thiophene rings is 2. The normalized spacial score (nSPS) is 12.9.